The van der Waals surface area contributed by atoms with Crippen molar-refractivity contribution in [1.29, 1.82) is 0 Å². The van der Waals surface area contributed by atoms with Crippen molar-refractivity contribution in [2.24, 2.45) is 0 Å². The Morgan fingerprint density at radius 2 is 1.86 bits per heavy atom. The van der Waals surface area contributed by atoms with Crippen LogP contribution in [0.25, 0.3) is 11.4 Å². The zero-order valence-electron chi connectivity index (χ0n) is 15.8. The maximum absolute atomic E-state index is 12.8. The average Bonchev–Trinajstić information content (AvgIpc) is 3.18. The van der Waals surface area contributed by atoms with Crippen LogP contribution in [0.4, 0.5) is 5.69 Å². The van der Waals surface area contributed by atoms with Gasteiger partial charge in [-0.25, -0.2) is 8.42 Å². The van der Waals surface area contributed by atoms with Gasteiger partial charge in [-0.05, 0) is 49.4 Å². The normalized spacial score (nSPS) is 11.2. The molecule has 148 valence electrons. The molecular formula is C19H21N3O5S. The van der Waals surface area contributed by atoms with Gasteiger partial charge in [0.2, 0.25) is 11.7 Å². The summed E-state index contributed by atoms with van der Waals surface area (Å²) in [4.78, 5) is 4.31. The van der Waals surface area contributed by atoms with E-state index in [-0.39, 0.29) is 10.7 Å². The van der Waals surface area contributed by atoms with E-state index in [0.717, 1.165) is 0 Å². The predicted molar refractivity (Wildman–Crippen MR) is 104 cm³/mol. The van der Waals surface area contributed by atoms with Gasteiger partial charge >= 0.3 is 0 Å². The van der Waals surface area contributed by atoms with Crippen molar-refractivity contribution in [2.75, 3.05) is 18.4 Å². The highest BCUT2D eigenvalue weighted by atomic mass is 32.2. The molecule has 0 aliphatic heterocycles. The van der Waals surface area contributed by atoms with Gasteiger partial charge in [0.1, 0.15) is 11.5 Å². The fraction of sp³-hybridized carbons (Fsp3) is 0.263. The van der Waals surface area contributed by atoms with Crippen LogP contribution in [-0.2, 0) is 16.4 Å². The van der Waals surface area contributed by atoms with Gasteiger partial charge in [0, 0.05) is 12.1 Å². The Kier molecular flexibility index (Phi) is 5.84. The molecule has 0 aliphatic rings. The Bertz CT molecular complexity index is 1050. The molecule has 3 rings (SSSR count). The molecule has 0 aliphatic carbocycles. The minimum atomic E-state index is -3.83. The highest BCUT2D eigenvalue weighted by Crippen LogP contribution is 2.31. The van der Waals surface area contributed by atoms with E-state index in [1.54, 1.807) is 30.3 Å². The molecule has 0 saturated heterocycles. The third-order valence-corrected chi connectivity index (χ3v) is 5.29. The Morgan fingerprint density at radius 3 is 2.46 bits per heavy atom. The van der Waals surface area contributed by atoms with E-state index in [1.165, 1.54) is 19.2 Å². The summed E-state index contributed by atoms with van der Waals surface area (Å²) < 4.78 is 44.0. The van der Waals surface area contributed by atoms with Crippen LogP contribution < -0.4 is 14.2 Å². The standard InChI is InChI=1S/C19H21N3O5S/c1-4-18-20-19(21-27-18)16-12-15(10-11-17(16)25-3)28(23,24)22-13-6-8-14(9-7-13)26-5-2/h6-12,22H,4-5H2,1-3H3. The number of aromatic nitrogens is 2. The highest BCUT2D eigenvalue weighted by molar-refractivity contribution is 7.92. The Balaban J connectivity index is 1.92. The first-order valence-electron chi connectivity index (χ1n) is 8.73. The first-order valence-corrected chi connectivity index (χ1v) is 10.2. The number of nitrogens with zero attached hydrogens (tertiary/aromatic N) is 2. The zero-order chi connectivity index (χ0) is 20.1. The number of ether oxygens (including phenoxy) is 2. The van der Waals surface area contributed by atoms with Gasteiger partial charge in [0.05, 0.1) is 24.2 Å². The van der Waals surface area contributed by atoms with E-state index in [0.29, 0.717) is 41.7 Å². The summed E-state index contributed by atoms with van der Waals surface area (Å²) in [6, 6.07) is 11.2. The number of aryl methyl sites for hydroxylation is 1. The van der Waals surface area contributed by atoms with Gasteiger partial charge in [-0.1, -0.05) is 12.1 Å². The van der Waals surface area contributed by atoms with Crippen LogP contribution >= 0.6 is 0 Å². The third kappa shape index (κ3) is 4.25. The van der Waals surface area contributed by atoms with Crippen molar-refractivity contribution >= 4 is 15.7 Å². The number of hydrogen-bond donors (Lipinski definition) is 1. The quantitative estimate of drug-likeness (QED) is 0.614. The molecule has 1 heterocycles. The molecule has 8 nitrogen and oxygen atoms in total. The second kappa shape index (κ2) is 8.30. The van der Waals surface area contributed by atoms with Crippen LogP contribution in [0.15, 0.2) is 51.9 Å². The summed E-state index contributed by atoms with van der Waals surface area (Å²) in [6.07, 6.45) is 0.576. The number of benzene rings is 2. The largest absolute Gasteiger partial charge is 0.496 e. The molecule has 0 saturated carbocycles. The molecule has 3 aromatic rings. The molecule has 0 fully saturated rings. The topological polar surface area (TPSA) is 104 Å². The number of rotatable bonds is 8. The van der Waals surface area contributed by atoms with Crippen LogP contribution in [0.2, 0.25) is 0 Å². The van der Waals surface area contributed by atoms with Gasteiger partial charge in [0.15, 0.2) is 0 Å². The molecule has 0 spiro atoms. The minimum absolute atomic E-state index is 0.0556. The summed E-state index contributed by atoms with van der Waals surface area (Å²) in [5.41, 5.74) is 0.856. The molecule has 0 amide bonds. The van der Waals surface area contributed by atoms with E-state index in [1.807, 2.05) is 13.8 Å². The van der Waals surface area contributed by atoms with Crippen molar-refractivity contribution in [3.05, 3.63) is 48.4 Å². The molecule has 0 atom stereocenters. The lowest BCUT2D eigenvalue weighted by Gasteiger charge is -2.11. The number of sulfonamides is 1. The molecule has 0 bridgehead atoms. The predicted octanol–water partition coefficient (Wildman–Crippen LogP) is 3.51. The molecule has 9 heteroatoms. The smallest absolute Gasteiger partial charge is 0.261 e. The van der Waals surface area contributed by atoms with E-state index < -0.39 is 10.0 Å². The number of anilines is 1. The van der Waals surface area contributed by atoms with Crippen LogP contribution in [0, 0.1) is 0 Å². The molecule has 1 aromatic heterocycles. The average molecular weight is 403 g/mol. The van der Waals surface area contributed by atoms with Crippen molar-refractivity contribution < 1.29 is 22.4 Å². The Labute approximate surface area is 163 Å². The highest BCUT2D eigenvalue weighted by Gasteiger charge is 2.20. The molecule has 1 N–H and O–H groups in total. The zero-order valence-corrected chi connectivity index (χ0v) is 16.6. The monoisotopic (exact) mass is 403 g/mol. The maximum Gasteiger partial charge on any atom is 0.261 e. The van der Waals surface area contributed by atoms with E-state index in [4.69, 9.17) is 14.0 Å². The first-order chi connectivity index (χ1) is 13.5. The van der Waals surface area contributed by atoms with Crippen LogP contribution in [-0.4, -0.2) is 32.3 Å². The number of hydrogen-bond acceptors (Lipinski definition) is 7. The fourth-order valence-corrected chi connectivity index (χ4v) is 3.62. The van der Waals surface area contributed by atoms with Crippen molar-refractivity contribution in [2.45, 2.75) is 25.2 Å². The lowest BCUT2D eigenvalue weighted by Crippen LogP contribution is -2.13. The van der Waals surface area contributed by atoms with Gasteiger partial charge in [-0.2, -0.15) is 4.98 Å². The maximum atomic E-state index is 12.8. The summed E-state index contributed by atoms with van der Waals surface area (Å²) in [6.45, 7) is 4.30. The lowest BCUT2D eigenvalue weighted by atomic mass is 10.2. The molecule has 0 unspecified atom stereocenters. The summed E-state index contributed by atoms with van der Waals surface area (Å²) in [7, 11) is -2.33. The Hall–Kier alpha value is -3.07. The van der Waals surface area contributed by atoms with Crippen molar-refractivity contribution in [1.82, 2.24) is 10.1 Å². The summed E-state index contributed by atoms with van der Waals surface area (Å²) >= 11 is 0. The SMILES string of the molecule is CCOc1ccc(NS(=O)(=O)c2ccc(OC)c(-c3noc(CC)n3)c2)cc1. The second-order valence-electron chi connectivity index (χ2n) is 5.79. The first kappa shape index (κ1) is 19.7. The molecule has 2 aromatic carbocycles. The van der Waals surface area contributed by atoms with E-state index in [2.05, 4.69) is 14.9 Å². The number of nitrogens with one attached hydrogen (secondary N) is 1. The minimum Gasteiger partial charge on any atom is -0.496 e. The van der Waals surface area contributed by atoms with Gasteiger partial charge in [-0.3, -0.25) is 4.72 Å². The van der Waals surface area contributed by atoms with Gasteiger partial charge < -0.3 is 14.0 Å². The van der Waals surface area contributed by atoms with Crippen molar-refractivity contribution in [3.8, 4) is 22.9 Å². The van der Waals surface area contributed by atoms with Crippen molar-refractivity contribution in [3.63, 3.8) is 0 Å². The van der Waals surface area contributed by atoms with E-state index >= 15 is 0 Å². The Morgan fingerprint density at radius 1 is 1.11 bits per heavy atom. The molecule has 28 heavy (non-hydrogen) atoms. The second-order valence-corrected chi connectivity index (χ2v) is 7.47. The summed E-state index contributed by atoms with van der Waals surface area (Å²) in [5, 5.41) is 3.90. The van der Waals surface area contributed by atoms with Crippen LogP contribution in [0.1, 0.15) is 19.7 Å². The van der Waals surface area contributed by atoms with Gasteiger partial charge in [0.25, 0.3) is 10.0 Å². The summed E-state index contributed by atoms with van der Waals surface area (Å²) in [5.74, 6) is 1.84. The molecular weight excluding hydrogens is 382 g/mol. The fourth-order valence-electron chi connectivity index (χ4n) is 2.54. The van der Waals surface area contributed by atoms with E-state index in [9.17, 15) is 8.42 Å². The van der Waals surface area contributed by atoms with Crippen LogP contribution in [0.5, 0.6) is 11.5 Å². The number of methoxy groups -OCH3 is 1. The van der Waals surface area contributed by atoms with Gasteiger partial charge in [-0.15, -0.1) is 0 Å². The molecule has 0 radical (unpaired) electrons. The third-order valence-electron chi connectivity index (χ3n) is 3.91. The van der Waals surface area contributed by atoms with Crippen LogP contribution in [0.3, 0.4) is 0 Å². The lowest BCUT2D eigenvalue weighted by molar-refractivity contribution is 0.340.